The molecule has 4 aliphatic heterocycles. The first-order valence-electron chi connectivity index (χ1n) is 23.7. The molecule has 64 heavy (non-hydrogen) atoms. The number of hydrazine groups is 1. The number of hydrogen-bond acceptors (Lipinski definition) is 10. The van der Waals surface area contributed by atoms with E-state index in [4.69, 9.17) is 14.5 Å². The second-order valence-corrected chi connectivity index (χ2v) is 19.8. The molecule has 4 aliphatic rings. The number of aromatic nitrogens is 2. The number of likely N-dealkylation sites (N-methyl/N-ethyl adjacent to an activating group) is 1. The number of hydrogen-bond donors (Lipinski definition) is 2. The van der Waals surface area contributed by atoms with Crippen LogP contribution in [0, 0.1) is 23.2 Å². The molecule has 1 unspecified atom stereocenters. The van der Waals surface area contributed by atoms with E-state index in [1.165, 1.54) is 22.7 Å². The number of carbonyl (C=O) groups excluding carboxylic acids is 4. The third kappa shape index (κ3) is 10.2. The summed E-state index contributed by atoms with van der Waals surface area (Å²) in [6, 6.07) is 9.56. The van der Waals surface area contributed by atoms with Gasteiger partial charge in [0.2, 0.25) is 17.7 Å². The number of piperidine rings is 1. The Bertz CT molecular complexity index is 2190. The summed E-state index contributed by atoms with van der Waals surface area (Å²) in [7, 11) is 3.43. The van der Waals surface area contributed by atoms with Crippen LogP contribution in [0.4, 0.5) is 5.69 Å². The Hall–Kier alpha value is -4.79. The number of aryl methyl sites for hydroxylation is 1. The number of fused-ring (bicyclic) bond motifs is 6. The number of likely N-dealkylation sites (tertiary alicyclic amines) is 1. The number of methoxy groups -OCH3 is 1. The number of nitrogens with one attached hydrogen (secondary N) is 2. The van der Waals surface area contributed by atoms with Gasteiger partial charge in [0, 0.05) is 99.8 Å². The second kappa shape index (κ2) is 20.2. The van der Waals surface area contributed by atoms with Crippen LogP contribution in [0.5, 0.6) is 0 Å². The van der Waals surface area contributed by atoms with Gasteiger partial charge in [0.25, 0.3) is 0 Å². The molecule has 0 radical (unpaired) electrons. The van der Waals surface area contributed by atoms with E-state index in [1.807, 2.05) is 33.0 Å². The fraction of sp³-hybridized carbons (Fsp3) is 0.620. The van der Waals surface area contributed by atoms with E-state index in [9.17, 15) is 19.2 Å². The highest BCUT2D eigenvalue weighted by Crippen LogP contribution is 2.42. The van der Waals surface area contributed by atoms with Crippen LogP contribution in [-0.4, -0.2) is 126 Å². The van der Waals surface area contributed by atoms with Gasteiger partial charge in [-0.2, -0.15) is 0 Å². The van der Waals surface area contributed by atoms with Gasteiger partial charge in [-0.25, -0.2) is 10.4 Å². The number of rotatable bonds is 10. The molecule has 6 bridgehead atoms. The summed E-state index contributed by atoms with van der Waals surface area (Å²) in [6.45, 7) is 20.9. The minimum absolute atomic E-state index is 0.130. The Morgan fingerprint density at radius 3 is 2.59 bits per heavy atom. The number of esters is 1. The highest BCUT2D eigenvalue weighted by atomic mass is 16.5. The Kier molecular flexibility index (Phi) is 14.9. The van der Waals surface area contributed by atoms with Gasteiger partial charge in [-0.3, -0.25) is 24.2 Å². The summed E-state index contributed by atoms with van der Waals surface area (Å²) in [4.78, 5) is 65.3. The number of ether oxygens (including phenoxy) is 2. The molecule has 7 atom stereocenters. The quantitative estimate of drug-likeness (QED) is 0.181. The van der Waals surface area contributed by atoms with Crippen molar-refractivity contribution in [3.63, 3.8) is 0 Å². The number of pyridine rings is 1. The monoisotopic (exact) mass is 881 g/mol. The zero-order chi connectivity index (χ0) is 45.9. The zero-order valence-electron chi connectivity index (χ0n) is 39.5. The van der Waals surface area contributed by atoms with Gasteiger partial charge in [0.1, 0.15) is 12.1 Å². The lowest BCUT2D eigenvalue weighted by Gasteiger charge is -2.40. The van der Waals surface area contributed by atoms with Gasteiger partial charge < -0.3 is 34.1 Å². The van der Waals surface area contributed by atoms with Gasteiger partial charge in [-0.05, 0) is 113 Å². The van der Waals surface area contributed by atoms with Gasteiger partial charge >= 0.3 is 5.97 Å². The fourth-order valence-corrected chi connectivity index (χ4v) is 10.8. The van der Waals surface area contributed by atoms with Crippen LogP contribution >= 0.6 is 0 Å². The van der Waals surface area contributed by atoms with E-state index in [1.54, 1.807) is 24.0 Å². The molecular weight excluding hydrogens is 809 g/mol. The summed E-state index contributed by atoms with van der Waals surface area (Å²) >= 11 is 0. The molecule has 2 aromatic heterocycles. The molecule has 0 saturated carbocycles. The summed E-state index contributed by atoms with van der Waals surface area (Å²) in [5, 5.41) is 6.71. The highest BCUT2D eigenvalue weighted by Gasteiger charge is 2.39. The van der Waals surface area contributed by atoms with Crippen LogP contribution in [0.1, 0.15) is 97.4 Å². The van der Waals surface area contributed by atoms with Gasteiger partial charge in [-0.1, -0.05) is 34.3 Å². The van der Waals surface area contributed by atoms with Crippen LogP contribution < -0.4 is 15.6 Å². The third-order valence-corrected chi connectivity index (χ3v) is 14.1. The largest absolute Gasteiger partial charge is 0.464 e. The van der Waals surface area contributed by atoms with Crippen molar-refractivity contribution in [2.75, 3.05) is 64.9 Å². The topological polar surface area (TPSA) is 142 Å². The molecule has 6 heterocycles. The maximum Gasteiger partial charge on any atom is 0.324 e. The van der Waals surface area contributed by atoms with Crippen molar-refractivity contribution in [2.45, 2.75) is 117 Å². The summed E-state index contributed by atoms with van der Waals surface area (Å²) in [5.41, 5.74) is 9.66. The lowest BCUT2D eigenvalue weighted by atomic mass is 9.84. The van der Waals surface area contributed by atoms with Crippen molar-refractivity contribution in [1.82, 2.24) is 35.1 Å². The Morgan fingerprint density at radius 2 is 1.86 bits per heavy atom. The first kappa shape index (κ1) is 47.2. The average Bonchev–Trinajstić information content (AvgIpc) is 3.90. The number of nitrogens with zero attached hydrogens (tertiary/aromatic N) is 6. The smallest absolute Gasteiger partial charge is 0.324 e. The van der Waals surface area contributed by atoms with Crippen LogP contribution in [0.3, 0.4) is 0 Å². The van der Waals surface area contributed by atoms with Gasteiger partial charge in [0.05, 0.1) is 30.0 Å². The number of carbonyl (C=O) groups is 4. The molecule has 3 saturated heterocycles. The summed E-state index contributed by atoms with van der Waals surface area (Å²) < 4.78 is 14.5. The molecule has 14 nitrogen and oxygen atoms in total. The molecule has 1 aromatic carbocycles. The van der Waals surface area contributed by atoms with E-state index >= 15 is 0 Å². The predicted octanol–water partition coefficient (Wildman–Crippen LogP) is 6.13. The first-order chi connectivity index (χ1) is 30.6. The number of benzene rings is 1. The Balaban J connectivity index is 1.22. The highest BCUT2D eigenvalue weighted by molar-refractivity contribution is 5.95. The molecule has 0 aliphatic carbocycles. The molecular formula is C50H72N8O6. The zero-order valence-corrected chi connectivity index (χ0v) is 39.5. The van der Waals surface area contributed by atoms with Crippen molar-refractivity contribution in [3.05, 3.63) is 60.4 Å². The average molecular weight is 881 g/mol. The maximum atomic E-state index is 14.5. The SMILES string of the molecule is C=CC(=O)N1CC[C@H](C(=O)N(C)[C@H](C(=O)N[C@H]2C[C@@H]3CCCN(C3)c3ccc4c(c3)c(c(-c3cccnc3[C@H](C)OC)n4CC)CC(C)(C)COC(=O)[C@@H]3CCCN(C2)N3)C(C)C)C1. The fourth-order valence-electron chi connectivity index (χ4n) is 10.8. The standard InChI is InChI=1S/C50H72N8O6/c1-10-43(59)56-24-20-35(29-56)48(61)54(8)45(32(3)4)47(60)52-36-25-34-15-13-22-55(28-34)37-18-19-42-39(26-37)40(46(58(42)11-2)38-16-12-21-51-44(38)33(5)63-9)27-50(6,7)31-64-49(62)41-17-14-23-57(30-36)53-41/h10,12,16,18-19,21,26,32-36,41,45,53H,1,11,13-15,17,20,22-25,27-31H2,2-9H3,(H,52,60)/t33-,34-,35-,36-,41-,45-/m0/s1. The number of cyclic esters (lactones) is 1. The maximum absolute atomic E-state index is 14.5. The van der Waals surface area contributed by atoms with Crippen molar-refractivity contribution in [2.24, 2.45) is 23.2 Å². The van der Waals surface area contributed by atoms with Crippen LogP contribution in [0.2, 0.25) is 0 Å². The lowest BCUT2D eigenvalue weighted by molar-refractivity contribution is -0.152. The molecule has 348 valence electrons. The second-order valence-electron chi connectivity index (χ2n) is 19.8. The Labute approximate surface area is 380 Å². The molecule has 2 N–H and O–H groups in total. The molecule has 3 amide bonds. The van der Waals surface area contributed by atoms with Gasteiger partial charge in [0.15, 0.2) is 0 Å². The summed E-state index contributed by atoms with van der Waals surface area (Å²) in [5.74, 6) is -1.02. The van der Waals surface area contributed by atoms with E-state index in [2.05, 4.69) is 76.8 Å². The first-order valence-corrected chi connectivity index (χ1v) is 23.7. The van der Waals surface area contributed by atoms with E-state index in [0.29, 0.717) is 38.9 Å². The number of amides is 3. The lowest BCUT2D eigenvalue weighted by Crippen LogP contribution is -2.59. The van der Waals surface area contributed by atoms with Crippen molar-refractivity contribution in [1.29, 1.82) is 0 Å². The summed E-state index contributed by atoms with van der Waals surface area (Å²) in [6.07, 6.45) is 8.37. The molecule has 0 spiro atoms. The predicted molar refractivity (Wildman–Crippen MR) is 250 cm³/mol. The minimum atomic E-state index is -0.699. The van der Waals surface area contributed by atoms with Crippen LogP contribution in [0.25, 0.3) is 22.2 Å². The van der Waals surface area contributed by atoms with E-state index in [0.717, 1.165) is 74.3 Å². The van der Waals surface area contributed by atoms with E-state index in [-0.39, 0.29) is 60.2 Å². The molecule has 3 fully saturated rings. The van der Waals surface area contributed by atoms with Gasteiger partial charge in [-0.15, -0.1) is 0 Å². The van der Waals surface area contributed by atoms with Crippen molar-refractivity contribution >= 4 is 40.3 Å². The normalized spacial score (nSPS) is 25.0. The Morgan fingerprint density at radius 1 is 1.08 bits per heavy atom. The number of anilines is 1. The van der Waals surface area contributed by atoms with E-state index < -0.39 is 17.5 Å². The van der Waals surface area contributed by atoms with Crippen LogP contribution in [-0.2, 0) is 41.6 Å². The van der Waals surface area contributed by atoms with Crippen molar-refractivity contribution < 1.29 is 28.7 Å². The molecule has 3 aromatic rings. The molecule has 7 rings (SSSR count). The van der Waals surface area contributed by atoms with Crippen molar-refractivity contribution in [3.8, 4) is 11.3 Å². The van der Waals surface area contributed by atoms with Crippen LogP contribution in [0.15, 0.2) is 49.2 Å². The minimum Gasteiger partial charge on any atom is -0.464 e. The third-order valence-electron chi connectivity index (χ3n) is 14.1. The molecule has 14 heteroatoms.